The molecule has 0 saturated carbocycles. The number of amides is 1. The van der Waals surface area contributed by atoms with E-state index in [1.54, 1.807) is 14.2 Å². The number of nitrogens with zero attached hydrogens (tertiary/aromatic N) is 1. The first-order valence-corrected chi connectivity index (χ1v) is 5.13. The van der Waals surface area contributed by atoms with Crippen molar-refractivity contribution in [2.24, 2.45) is 0 Å². The Morgan fingerprint density at radius 2 is 2.18 bits per heavy atom. The van der Waals surface area contributed by atoms with Crippen LogP contribution in [0.1, 0.15) is 11.3 Å². The van der Waals surface area contributed by atoms with Gasteiger partial charge in [-0.05, 0) is 13.0 Å². The second kappa shape index (κ2) is 5.93. The fraction of sp³-hybridized carbons (Fsp3) is 0.455. The second-order valence-electron chi connectivity index (χ2n) is 3.45. The molecule has 0 aliphatic carbocycles. The first-order valence-electron chi connectivity index (χ1n) is 5.13. The lowest BCUT2D eigenvalue weighted by Gasteiger charge is -2.11. The molecule has 1 rings (SSSR count). The molecule has 94 valence electrons. The minimum atomic E-state index is -1.05. The van der Waals surface area contributed by atoms with Gasteiger partial charge in [-0.15, -0.1) is 0 Å². The van der Waals surface area contributed by atoms with Gasteiger partial charge in [0.25, 0.3) is 0 Å². The fourth-order valence-electron chi connectivity index (χ4n) is 1.46. The molecule has 1 aromatic rings. The Morgan fingerprint density at radius 3 is 2.71 bits per heavy atom. The highest BCUT2D eigenvalue weighted by Gasteiger charge is 2.10. The van der Waals surface area contributed by atoms with Crippen LogP contribution in [0.25, 0.3) is 0 Å². The van der Waals surface area contributed by atoms with E-state index in [0.717, 1.165) is 5.56 Å². The Bertz CT molecular complexity index is 407. The molecule has 0 aromatic carbocycles. The molecule has 0 atom stereocenters. The molecule has 0 bridgehead atoms. The maximum atomic E-state index is 10.3. The predicted octanol–water partition coefficient (Wildman–Crippen LogP) is 1.22. The Hall–Kier alpha value is -1.98. The van der Waals surface area contributed by atoms with E-state index in [1.165, 1.54) is 0 Å². The molecule has 0 spiro atoms. The van der Waals surface area contributed by atoms with Gasteiger partial charge in [0.15, 0.2) is 0 Å². The van der Waals surface area contributed by atoms with Crippen molar-refractivity contribution in [3.8, 4) is 11.6 Å². The van der Waals surface area contributed by atoms with Gasteiger partial charge in [-0.1, -0.05) is 0 Å². The van der Waals surface area contributed by atoms with Crippen molar-refractivity contribution >= 4 is 6.09 Å². The van der Waals surface area contributed by atoms with Crippen LogP contribution in [-0.2, 0) is 6.42 Å². The molecule has 1 amide bonds. The molecule has 2 N–H and O–H groups in total. The quantitative estimate of drug-likeness (QED) is 0.808. The summed E-state index contributed by atoms with van der Waals surface area (Å²) in [6.07, 6.45) is -0.602. The van der Waals surface area contributed by atoms with Crippen LogP contribution in [0.15, 0.2) is 6.07 Å². The molecule has 6 heteroatoms. The molecule has 1 aromatic heterocycles. The van der Waals surface area contributed by atoms with Crippen molar-refractivity contribution in [2.75, 3.05) is 20.8 Å². The summed E-state index contributed by atoms with van der Waals surface area (Å²) in [5, 5.41) is 10.8. The van der Waals surface area contributed by atoms with Crippen LogP contribution in [0.5, 0.6) is 11.6 Å². The van der Waals surface area contributed by atoms with Gasteiger partial charge in [-0.25, -0.2) is 9.78 Å². The van der Waals surface area contributed by atoms with Crippen molar-refractivity contribution < 1.29 is 19.4 Å². The third kappa shape index (κ3) is 3.51. The zero-order valence-corrected chi connectivity index (χ0v) is 10.1. The van der Waals surface area contributed by atoms with Crippen LogP contribution in [0.4, 0.5) is 4.79 Å². The summed E-state index contributed by atoms with van der Waals surface area (Å²) in [5.74, 6) is 1.16. The lowest BCUT2D eigenvalue weighted by molar-refractivity contribution is 0.194. The SMILES string of the molecule is COc1cc(C)c(OC)nc1CCNC(=O)O. The van der Waals surface area contributed by atoms with Gasteiger partial charge in [-0.3, -0.25) is 0 Å². The minimum Gasteiger partial charge on any atom is -0.495 e. The van der Waals surface area contributed by atoms with Crippen molar-refractivity contribution in [2.45, 2.75) is 13.3 Å². The molecule has 0 unspecified atom stereocenters. The maximum absolute atomic E-state index is 10.3. The number of methoxy groups -OCH3 is 2. The third-order valence-electron chi connectivity index (χ3n) is 2.26. The van der Waals surface area contributed by atoms with Gasteiger partial charge >= 0.3 is 6.09 Å². The van der Waals surface area contributed by atoms with Crippen molar-refractivity contribution in [3.63, 3.8) is 0 Å². The summed E-state index contributed by atoms with van der Waals surface area (Å²) >= 11 is 0. The number of carbonyl (C=O) groups is 1. The molecule has 6 nitrogen and oxygen atoms in total. The van der Waals surface area contributed by atoms with Crippen LogP contribution in [0, 0.1) is 6.92 Å². The first kappa shape index (κ1) is 13.1. The van der Waals surface area contributed by atoms with Gasteiger partial charge < -0.3 is 19.9 Å². The average Bonchev–Trinajstić information content (AvgIpc) is 2.30. The van der Waals surface area contributed by atoms with E-state index in [-0.39, 0.29) is 6.54 Å². The number of aromatic nitrogens is 1. The fourth-order valence-corrected chi connectivity index (χ4v) is 1.46. The van der Waals surface area contributed by atoms with E-state index in [9.17, 15) is 4.79 Å². The number of pyridine rings is 1. The van der Waals surface area contributed by atoms with Crippen molar-refractivity contribution in [1.82, 2.24) is 10.3 Å². The van der Waals surface area contributed by atoms with E-state index in [4.69, 9.17) is 14.6 Å². The number of aryl methyl sites for hydroxylation is 1. The number of hydrogen-bond acceptors (Lipinski definition) is 4. The van der Waals surface area contributed by atoms with Crippen LogP contribution >= 0.6 is 0 Å². The topological polar surface area (TPSA) is 80.7 Å². The van der Waals surface area contributed by atoms with E-state index in [2.05, 4.69) is 10.3 Å². The van der Waals surface area contributed by atoms with Gasteiger partial charge in [-0.2, -0.15) is 0 Å². The normalized spacial score (nSPS) is 9.82. The van der Waals surface area contributed by atoms with Crippen LogP contribution in [0.3, 0.4) is 0 Å². The Labute approximate surface area is 99.6 Å². The van der Waals surface area contributed by atoms with E-state index >= 15 is 0 Å². The lowest BCUT2D eigenvalue weighted by atomic mass is 10.2. The summed E-state index contributed by atoms with van der Waals surface area (Å²) in [7, 11) is 3.10. The van der Waals surface area contributed by atoms with Crippen LogP contribution in [-0.4, -0.2) is 36.9 Å². The van der Waals surface area contributed by atoms with Crippen LogP contribution in [0.2, 0.25) is 0 Å². The highest BCUT2D eigenvalue weighted by molar-refractivity contribution is 5.64. The molecule has 0 saturated heterocycles. The van der Waals surface area contributed by atoms with Crippen molar-refractivity contribution in [3.05, 3.63) is 17.3 Å². The standard InChI is InChI=1S/C11H16N2O4/c1-7-6-9(16-2)8(13-10(7)17-3)4-5-12-11(14)15/h6,12H,4-5H2,1-3H3,(H,14,15). The highest BCUT2D eigenvalue weighted by Crippen LogP contribution is 2.24. The van der Waals surface area contributed by atoms with E-state index < -0.39 is 6.09 Å². The summed E-state index contributed by atoms with van der Waals surface area (Å²) in [4.78, 5) is 14.6. The highest BCUT2D eigenvalue weighted by atomic mass is 16.5. The van der Waals surface area contributed by atoms with Gasteiger partial charge in [0.05, 0.1) is 19.9 Å². The minimum absolute atomic E-state index is 0.283. The average molecular weight is 240 g/mol. The number of carboxylic acid groups (broad SMARTS) is 1. The first-order chi connectivity index (χ1) is 8.08. The Balaban J connectivity index is 2.84. The van der Waals surface area contributed by atoms with Gasteiger partial charge in [0.1, 0.15) is 5.75 Å². The van der Waals surface area contributed by atoms with Crippen LogP contribution < -0.4 is 14.8 Å². The van der Waals surface area contributed by atoms with E-state index in [1.807, 2.05) is 13.0 Å². The maximum Gasteiger partial charge on any atom is 0.404 e. The van der Waals surface area contributed by atoms with Crippen molar-refractivity contribution in [1.29, 1.82) is 0 Å². The Kier molecular flexibility index (Phi) is 4.56. The number of nitrogens with one attached hydrogen (secondary N) is 1. The van der Waals surface area contributed by atoms with Gasteiger partial charge in [0.2, 0.25) is 5.88 Å². The predicted molar refractivity (Wildman–Crippen MR) is 61.8 cm³/mol. The molecule has 17 heavy (non-hydrogen) atoms. The molecule has 0 aliphatic heterocycles. The monoisotopic (exact) mass is 240 g/mol. The largest absolute Gasteiger partial charge is 0.495 e. The molecular formula is C11H16N2O4. The summed E-state index contributed by atoms with van der Waals surface area (Å²) in [6.45, 7) is 2.15. The number of ether oxygens (including phenoxy) is 2. The van der Waals surface area contributed by atoms with E-state index in [0.29, 0.717) is 23.7 Å². The number of rotatable bonds is 5. The molecule has 0 fully saturated rings. The second-order valence-corrected chi connectivity index (χ2v) is 3.45. The molecule has 0 aliphatic rings. The Morgan fingerprint density at radius 1 is 1.47 bits per heavy atom. The third-order valence-corrected chi connectivity index (χ3v) is 2.26. The summed E-state index contributed by atoms with van der Waals surface area (Å²) in [6, 6.07) is 1.82. The molecule has 0 radical (unpaired) electrons. The van der Waals surface area contributed by atoms with Gasteiger partial charge in [0, 0.05) is 18.5 Å². The zero-order valence-electron chi connectivity index (χ0n) is 10.1. The summed E-state index contributed by atoms with van der Waals surface area (Å²) < 4.78 is 10.3. The zero-order chi connectivity index (χ0) is 12.8. The lowest BCUT2D eigenvalue weighted by Crippen LogP contribution is -2.23. The smallest absolute Gasteiger partial charge is 0.404 e. The number of hydrogen-bond donors (Lipinski definition) is 2. The summed E-state index contributed by atoms with van der Waals surface area (Å²) in [5.41, 5.74) is 1.54. The molecular weight excluding hydrogens is 224 g/mol. The molecule has 1 heterocycles.